The van der Waals surface area contributed by atoms with Gasteiger partial charge < -0.3 is 19.3 Å². The van der Waals surface area contributed by atoms with Crippen LogP contribution >= 0.6 is 0 Å². The Bertz CT molecular complexity index is 2180. The van der Waals surface area contributed by atoms with E-state index in [0.717, 1.165) is 64.8 Å². The first-order chi connectivity index (χ1) is 28.1. The lowest BCUT2D eigenvalue weighted by atomic mass is 9.81. The zero-order valence-electron chi connectivity index (χ0n) is 36.3. The van der Waals surface area contributed by atoms with Crippen molar-refractivity contribution in [1.82, 2.24) is 0 Å². The summed E-state index contributed by atoms with van der Waals surface area (Å²) in [5, 5.41) is 0. The fourth-order valence-electron chi connectivity index (χ4n) is 9.52. The Morgan fingerprint density at radius 2 is 1.26 bits per heavy atom. The molecule has 0 saturated carbocycles. The second kappa shape index (κ2) is 17.9. The van der Waals surface area contributed by atoms with Gasteiger partial charge in [-0.25, -0.2) is 0 Å². The molecule has 2 aliphatic heterocycles. The summed E-state index contributed by atoms with van der Waals surface area (Å²) in [5.74, 6) is 0. The Hall–Kier alpha value is -4.97. The molecule has 3 aliphatic rings. The number of likely N-dealkylation sites (N-methyl/N-ethyl adjacent to an activating group) is 1. The van der Waals surface area contributed by atoms with Crippen molar-refractivity contribution < 1.29 is 14.0 Å². The molecule has 0 amide bonds. The van der Waals surface area contributed by atoms with Crippen LogP contribution in [0.1, 0.15) is 89.5 Å². The lowest BCUT2D eigenvalue weighted by Crippen LogP contribution is -2.27. The van der Waals surface area contributed by atoms with Gasteiger partial charge in [-0.1, -0.05) is 86.7 Å². The highest BCUT2D eigenvalue weighted by molar-refractivity contribution is 6.03. The molecule has 7 rings (SSSR count). The number of ether oxygens (including phenoxy) is 2. The fraction of sp³-hybridized carbons (Fsp3) is 0.377. The van der Waals surface area contributed by atoms with Gasteiger partial charge in [0.1, 0.15) is 6.54 Å². The van der Waals surface area contributed by atoms with Crippen molar-refractivity contribution in [3.63, 3.8) is 0 Å². The predicted molar refractivity (Wildman–Crippen MR) is 244 cm³/mol. The van der Waals surface area contributed by atoms with Gasteiger partial charge in [0.2, 0.25) is 5.69 Å². The first-order valence-electron chi connectivity index (χ1n) is 21.5. The molecule has 0 aromatic heterocycles. The van der Waals surface area contributed by atoms with E-state index in [0.29, 0.717) is 0 Å². The molecule has 302 valence electrons. The first-order valence-corrected chi connectivity index (χ1v) is 21.5. The lowest BCUT2D eigenvalue weighted by molar-refractivity contribution is -0.433. The summed E-state index contributed by atoms with van der Waals surface area (Å²) in [7, 11) is 3.56. The Morgan fingerprint density at radius 3 is 1.84 bits per heavy atom. The number of hydrogen-bond donors (Lipinski definition) is 0. The zero-order valence-corrected chi connectivity index (χ0v) is 36.3. The summed E-state index contributed by atoms with van der Waals surface area (Å²) in [6.07, 6.45) is 15.7. The zero-order chi connectivity index (χ0) is 40.9. The molecular weight excluding hydrogens is 711 g/mol. The molecule has 5 nitrogen and oxygen atoms in total. The van der Waals surface area contributed by atoms with Crippen molar-refractivity contribution in [1.29, 1.82) is 0 Å². The average molecular weight is 775 g/mol. The molecule has 2 heterocycles. The Morgan fingerprint density at radius 1 is 0.672 bits per heavy atom. The first kappa shape index (κ1) is 41.2. The van der Waals surface area contributed by atoms with E-state index in [-0.39, 0.29) is 10.8 Å². The number of rotatable bonds is 16. The normalized spacial score (nSPS) is 18.3. The molecule has 4 aromatic rings. The minimum Gasteiger partial charge on any atom is -0.385 e. The van der Waals surface area contributed by atoms with Crippen molar-refractivity contribution in [2.24, 2.45) is 0 Å². The van der Waals surface area contributed by atoms with Gasteiger partial charge in [0.25, 0.3) is 0 Å². The Kier molecular flexibility index (Phi) is 12.7. The van der Waals surface area contributed by atoms with E-state index in [1.165, 1.54) is 73.3 Å². The molecule has 0 spiro atoms. The quantitative estimate of drug-likeness (QED) is 0.0837. The summed E-state index contributed by atoms with van der Waals surface area (Å²) in [6, 6.07) is 36.3. The molecule has 4 aromatic carbocycles. The van der Waals surface area contributed by atoms with Gasteiger partial charge >= 0.3 is 0 Å². The minimum atomic E-state index is -0.102. The van der Waals surface area contributed by atoms with Gasteiger partial charge in [0.05, 0.1) is 11.1 Å². The number of para-hydroxylation sites is 2. The van der Waals surface area contributed by atoms with Crippen molar-refractivity contribution in [3.05, 3.63) is 166 Å². The number of aryl methyl sites for hydroxylation is 2. The topological polar surface area (TPSA) is 27.9 Å². The summed E-state index contributed by atoms with van der Waals surface area (Å²) in [5.41, 5.74) is 16.9. The molecule has 5 heteroatoms. The maximum atomic E-state index is 5.38. The van der Waals surface area contributed by atoms with E-state index in [4.69, 9.17) is 9.47 Å². The van der Waals surface area contributed by atoms with Crippen LogP contribution in [0, 0.1) is 0 Å². The number of methoxy groups -OCH3 is 2. The highest BCUT2D eigenvalue weighted by Crippen LogP contribution is 2.48. The van der Waals surface area contributed by atoms with Crippen molar-refractivity contribution >= 4 is 28.5 Å². The van der Waals surface area contributed by atoms with E-state index < -0.39 is 0 Å². The number of hydrogen-bond acceptors (Lipinski definition) is 4. The highest BCUT2D eigenvalue weighted by atomic mass is 16.5. The van der Waals surface area contributed by atoms with Crippen LogP contribution < -0.4 is 9.80 Å². The van der Waals surface area contributed by atoms with Crippen LogP contribution in [-0.4, -0.2) is 50.8 Å². The standard InChI is InChI=1S/C53H64N3O2/c1-9-54-47-21-13-11-19-45(47)52(3,4)49(54)35-29-41-27-28-42(30-36-50-53(5,6)46-20-12-14-22-48(46)55(50)10-2)51(41)56(43-31-23-39(24-32-43)17-15-37-57-7)44-33-25-40(26-34-44)18-16-38-58-8/h11-14,19-26,29-36H,9-10,15-18,27-28,37-38H2,1-8H3/q+1. The van der Waals surface area contributed by atoms with Gasteiger partial charge in [-0.2, -0.15) is 4.58 Å². The fourth-order valence-corrected chi connectivity index (χ4v) is 9.52. The van der Waals surface area contributed by atoms with Gasteiger partial charge in [0.15, 0.2) is 5.71 Å². The van der Waals surface area contributed by atoms with Crippen LogP contribution in [0.5, 0.6) is 0 Å². The molecule has 0 saturated heterocycles. The molecule has 0 N–H and O–H groups in total. The monoisotopic (exact) mass is 774 g/mol. The maximum Gasteiger partial charge on any atom is 0.209 e. The SMILES string of the molecule is CCN1/C(=C/C=C2\CCC(/C=C/C3=[N+](CC)c4ccccc4C3(C)C)=C2N(c2ccc(CCCOC)cc2)c2ccc(CCCOC)cc2)C(C)(C)c2ccccc21. The largest absolute Gasteiger partial charge is 0.385 e. The van der Waals surface area contributed by atoms with Crippen molar-refractivity contribution in [2.75, 3.05) is 50.3 Å². The number of benzene rings is 4. The molecule has 0 fully saturated rings. The summed E-state index contributed by atoms with van der Waals surface area (Å²) < 4.78 is 13.3. The third-order valence-electron chi connectivity index (χ3n) is 12.6. The Labute approximate surface area is 348 Å². The van der Waals surface area contributed by atoms with Gasteiger partial charge in [-0.3, -0.25) is 0 Å². The van der Waals surface area contributed by atoms with E-state index >= 15 is 0 Å². The van der Waals surface area contributed by atoms with Crippen LogP contribution in [0.4, 0.5) is 22.7 Å². The summed E-state index contributed by atoms with van der Waals surface area (Å²) in [4.78, 5) is 5.03. The minimum absolute atomic E-state index is 0.102. The van der Waals surface area contributed by atoms with E-state index in [1.807, 2.05) is 0 Å². The maximum absolute atomic E-state index is 5.38. The van der Waals surface area contributed by atoms with Gasteiger partial charge in [-0.15, -0.1) is 0 Å². The van der Waals surface area contributed by atoms with Crippen LogP contribution in [0.2, 0.25) is 0 Å². The van der Waals surface area contributed by atoms with Crippen LogP contribution in [-0.2, 0) is 33.1 Å². The number of nitrogens with zero attached hydrogens (tertiary/aromatic N) is 3. The second-order valence-corrected chi connectivity index (χ2v) is 17.0. The highest BCUT2D eigenvalue weighted by Gasteiger charge is 2.44. The predicted octanol–water partition coefficient (Wildman–Crippen LogP) is 12.3. The third-order valence-corrected chi connectivity index (χ3v) is 12.6. The summed E-state index contributed by atoms with van der Waals surface area (Å²) >= 11 is 0. The smallest absolute Gasteiger partial charge is 0.209 e. The van der Waals surface area contributed by atoms with Gasteiger partial charge in [-0.05, 0) is 130 Å². The van der Waals surface area contributed by atoms with Crippen LogP contribution in [0.15, 0.2) is 144 Å². The second-order valence-electron chi connectivity index (χ2n) is 17.0. The molecule has 0 atom stereocenters. The van der Waals surface area contributed by atoms with Crippen LogP contribution in [0.25, 0.3) is 0 Å². The Balaban J connectivity index is 1.38. The van der Waals surface area contributed by atoms with E-state index in [2.05, 4.69) is 177 Å². The van der Waals surface area contributed by atoms with Crippen molar-refractivity contribution in [3.8, 4) is 0 Å². The average Bonchev–Trinajstić information content (AvgIpc) is 3.81. The van der Waals surface area contributed by atoms with E-state index in [9.17, 15) is 0 Å². The molecule has 58 heavy (non-hydrogen) atoms. The molecule has 0 unspecified atom stereocenters. The number of allylic oxidation sites excluding steroid dienone is 7. The number of anilines is 3. The number of fused-ring (bicyclic) bond motifs is 2. The molecule has 1 aliphatic carbocycles. The lowest BCUT2D eigenvalue weighted by Gasteiger charge is -2.29. The van der Waals surface area contributed by atoms with Crippen LogP contribution in [0.3, 0.4) is 0 Å². The molecule has 0 bridgehead atoms. The summed E-state index contributed by atoms with van der Waals surface area (Å²) in [6.45, 7) is 17.4. The van der Waals surface area contributed by atoms with Crippen molar-refractivity contribution in [2.45, 2.75) is 90.9 Å². The van der Waals surface area contributed by atoms with Gasteiger partial charge in [0, 0.05) is 79.9 Å². The third kappa shape index (κ3) is 8.04. The molecular formula is C53H64N3O2+. The van der Waals surface area contributed by atoms with E-state index in [1.54, 1.807) is 14.2 Å². The molecule has 0 radical (unpaired) electrons.